The van der Waals surface area contributed by atoms with Gasteiger partial charge in [0.25, 0.3) is 0 Å². The molecule has 0 saturated carbocycles. The van der Waals surface area contributed by atoms with Crippen LogP contribution in [0.3, 0.4) is 0 Å². The van der Waals surface area contributed by atoms with E-state index in [0.29, 0.717) is 25.3 Å². The largest absolute Gasteiger partial charge is 0.494 e. The number of carbonyl (C=O) groups excluding carboxylic acids is 2. The molecule has 1 atom stereocenters. The molecule has 28 heavy (non-hydrogen) atoms. The molecule has 3 rings (SSSR count). The van der Waals surface area contributed by atoms with Crippen molar-refractivity contribution >= 4 is 23.2 Å². The summed E-state index contributed by atoms with van der Waals surface area (Å²) >= 11 is 0. The standard InChI is InChI=1S/C22H27N3O3/c1-16(22(27)24(2)15-17-8-5-4-6-9-17)23-18-11-12-19(20(14-18)28-3)25-13-7-10-21(25)26/h4-6,8-9,11-12,14,16,23H,7,10,13,15H2,1-3H3/t16-/m0/s1. The van der Waals surface area contributed by atoms with E-state index in [9.17, 15) is 9.59 Å². The van der Waals surface area contributed by atoms with Gasteiger partial charge in [0, 0.05) is 38.3 Å². The van der Waals surface area contributed by atoms with Gasteiger partial charge >= 0.3 is 0 Å². The Bertz CT molecular complexity index is 838. The summed E-state index contributed by atoms with van der Waals surface area (Å²) in [7, 11) is 3.39. The van der Waals surface area contributed by atoms with Crippen molar-refractivity contribution in [3.63, 3.8) is 0 Å². The lowest BCUT2D eigenvalue weighted by molar-refractivity contribution is -0.130. The lowest BCUT2D eigenvalue weighted by Gasteiger charge is -2.24. The maximum Gasteiger partial charge on any atom is 0.244 e. The van der Waals surface area contributed by atoms with Crippen LogP contribution in [0.5, 0.6) is 5.75 Å². The molecule has 1 aliphatic heterocycles. The van der Waals surface area contributed by atoms with Gasteiger partial charge in [0.15, 0.2) is 0 Å². The average Bonchev–Trinajstić information content (AvgIpc) is 3.13. The predicted molar refractivity (Wildman–Crippen MR) is 111 cm³/mol. The number of carbonyl (C=O) groups is 2. The molecule has 6 heteroatoms. The summed E-state index contributed by atoms with van der Waals surface area (Å²) in [6.07, 6.45) is 1.43. The molecule has 0 aliphatic carbocycles. The van der Waals surface area contributed by atoms with E-state index >= 15 is 0 Å². The number of ether oxygens (including phenoxy) is 1. The molecule has 2 amide bonds. The summed E-state index contributed by atoms with van der Waals surface area (Å²) < 4.78 is 5.49. The number of benzene rings is 2. The van der Waals surface area contributed by atoms with E-state index in [1.807, 2.05) is 55.5 Å². The Morgan fingerprint density at radius 3 is 2.64 bits per heavy atom. The van der Waals surface area contributed by atoms with Gasteiger partial charge in [0.05, 0.1) is 12.8 Å². The maximum absolute atomic E-state index is 12.7. The summed E-state index contributed by atoms with van der Waals surface area (Å²) in [6.45, 7) is 3.11. The number of hydrogen-bond donors (Lipinski definition) is 1. The minimum Gasteiger partial charge on any atom is -0.494 e. The molecule has 0 unspecified atom stereocenters. The Morgan fingerprint density at radius 2 is 2.00 bits per heavy atom. The zero-order valence-corrected chi connectivity index (χ0v) is 16.6. The van der Waals surface area contributed by atoms with Crippen molar-refractivity contribution in [2.75, 3.05) is 30.9 Å². The highest BCUT2D eigenvalue weighted by Crippen LogP contribution is 2.34. The molecule has 1 heterocycles. The van der Waals surface area contributed by atoms with Crippen molar-refractivity contribution in [1.82, 2.24) is 4.90 Å². The Balaban J connectivity index is 1.66. The summed E-state index contributed by atoms with van der Waals surface area (Å²) in [6, 6.07) is 15.1. The third kappa shape index (κ3) is 4.44. The zero-order chi connectivity index (χ0) is 20.1. The molecule has 2 aromatic carbocycles. The molecule has 2 aromatic rings. The SMILES string of the molecule is COc1cc(N[C@@H](C)C(=O)N(C)Cc2ccccc2)ccc1N1CCCC1=O. The number of nitrogens with one attached hydrogen (secondary N) is 1. The maximum atomic E-state index is 12.7. The van der Waals surface area contributed by atoms with Crippen LogP contribution in [-0.2, 0) is 16.1 Å². The van der Waals surface area contributed by atoms with Crippen molar-refractivity contribution in [3.8, 4) is 5.75 Å². The van der Waals surface area contributed by atoms with Gasteiger partial charge in [-0.15, -0.1) is 0 Å². The Labute approximate surface area is 166 Å². The highest BCUT2D eigenvalue weighted by atomic mass is 16.5. The van der Waals surface area contributed by atoms with Crippen LogP contribution in [0.4, 0.5) is 11.4 Å². The van der Waals surface area contributed by atoms with E-state index in [1.165, 1.54) is 0 Å². The summed E-state index contributed by atoms with van der Waals surface area (Å²) in [5.41, 5.74) is 2.64. The second kappa shape index (κ2) is 8.78. The van der Waals surface area contributed by atoms with Gasteiger partial charge in [-0.1, -0.05) is 30.3 Å². The van der Waals surface area contributed by atoms with Gasteiger partial charge in [0.2, 0.25) is 11.8 Å². The second-order valence-corrected chi connectivity index (χ2v) is 7.08. The highest BCUT2D eigenvalue weighted by Gasteiger charge is 2.25. The number of methoxy groups -OCH3 is 1. The minimum absolute atomic E-state index is 0.00150. The lowest BCUT2D eigenvalue weighted by atomic mass is 10.2. The number of nitrogens with zero attached hydrogens (tertiary/aromatic N) is 2. The Morgan fingerprint density at radius 1 is 1.25 bits per heavy atom. The van der Waals surface area contributed by atoms with E-state index in [-0.39, 0.29) is 11.8 Å². The monoisotopic (exact) mass is 381 g/mol. The van der Waals surface area contributed by atoms with Gasteiger partial charge < -0.3 is 19.9 Å². The molecular formula is C22H27N3O3. The number of amides is 2. The van der Waals surface area contributed by atoms with Crippen molar-refractivity contribution in [2.24, 2.45) is 0 Å². The van der Waals surface area contributed by atoms with Crippen molar-refractivity contribution < 1.29 is 14.3 Å². The average molecular weight is 381 g/mol. The van der Waals surface area contributed by atoms with E-state index in [4.69, 9.17) is 4.74 Å². The molecule has 1 fully saturated rings. The number of anilines is 2. The molecule has 1 saturated heterocycles. The van der Waals surface area contributed by atoms with Gasteiger partial charge in [-0.25, -0.2) is 0 Å². The lowest BCUT2D eigenvalue weighted by Crippen LogP contribution is -2.38. The molecule has 6 nitrogen and oxygen atoms in total. The Kier molecular flexibility index (Phi) is 6.19. The first-order valence-corrected chi connectivity index (χ1v) is 9.53. The summed E-state index contributed by atoms with van der Waals surface area (Å²) in [5, 5.41) is 3.24. The van der Waals surface area contributed by atoms with Crippen LogP contribution >= 0.6 is 0 Å². The van der Waals surface area contributed by atoms with E-state index in [0.717, 1.165) is 23.4 Å². The third-order valence-electron chi connectivity index (χ3n) is 4.94. The minimum atomic E-state index is -0.391. The van der Waals surface area contributed by atoms with Gasteiger partial charge in [0.1, 0.15) is 11.8 Å². The van der Waals surface area contributed by atoms with Gasteiger partial charge in [-0.05, 0) is 31.0 Å². The predicted octanol–water partition coefficient (Wildman–Crippen LogP) is 3.28. The Hall–Kier alpha value is -3.02. The molecule has 0 spiro atoms. The molecule has 1 N–H and O–H groups in total. The van der Waals surface area contributed by atoms with Crippen molar-refractivity contribution in [3.05, 3.63) is 54.1 Å². The fraction of sp³-hybridized carbons (Fsp3) is 0.364. The van der Waals surface area contributed by atoms with E-state index in [1.54, 1.807) is 24.0 Å². The van der Waals surface area contributed by atoms with Crippen LogP contribution in [0.15, 0.2) is 48.5 Å². The topological polar surface area (TPSA) is 61.9 Å². The number of likely N-dealkylation sites (N-methyl/N-ethyl adjacent to an activating group) is 1. The first-order chi connectivity index (χ1) is 13.5. The van der Waals surface area contributed by atoms with Crippen LogP contribution < -0.4 is 15.0 Å². The first-order valence-electron chi connectivity index (χ1n) is 9.53. The van der Waals surface area contributed by atoms with E-state index in [2.05, 4.69) is 5.32 Å². The first kappa shape index (κ1) is 19.7. The molecule has 0 bridgehead atoms. The van der Waals surface area contributed by atoms with Crippen LogP contribution in [-0.4, -0.2) is 43.5 Å². The van der Waals surface area contributed by atoms with Crippen molar-refractivity contribution in [1.29, 1.82) is 0 Å². The molecule has 1 aliphatic rings. The second-order valence-electron chi connectivity index (χ2n) is 7.08. The molecule has 0 aromatic heterocycles. The van der Waals surface area contributed by atoms with Crippen molar-refractivity contribution in [2.45, 2.75) is 32.4 Å². The van der Waals surface area contributed by atoms with Crippen LogP contribution in [0.25, 0.3) is 0 Å². The number of hydrogen-bond acceptors (Lipinski definition) is 4. The van der Waals surface area contributed by atoms with Crippen LogP contribution in [0, 0.1) is 0 Å². The molecule has 148 valence electrons. The summed E-state index contributed by atoms with van der Waals surface area (Å²) in [4.78, 5) is 28.2. The van der Waals surface area contributed by atoms with Crippen LogP contribution in [0.2, 0.25) is 0 Å². The van der Waals surface area contributed by atoms with E-state index < -0.39 is 6.04 Å². The summed E-state index contributed by atoms with van der Waals surface area (Å²) in [5.74, 6) is 0.740. The van der Waals surface area contributed by atoms with Gasteiger partial charge in [-0.3, -0.25) is 9.59 Å². The fourth-order valence-electron chi connectivity index (χ4n) is 3.47. The molecular weight excluding hydrogens is 354 g/mol. The van der Waals surface area contributed by atoms with Crippen LogP contribution in [0.1, 0.15) is 25.3 Å². The highest BCUT2D eigenvalue weighted by molar-refractivity contribution is 5.97. The molecule has 0 radical (unpaired) electrons. The smallest absolute Gasteiger partial charge is 0.244 e. The number of rotatable bonds is 7. The fourth-order valence-corrected chi connectivity index (χ4v) is 3.47. The zero-order valence-electron chi connectivity index (χ0n) is 16.6. The third-order valence-corrected chi connectivity index (χ3v) is 4.94. The quantitative estimate of drug-likeness (QED) is 0.800. The normalized spacial score (nSPS) is 14.7. The van der Waals surface area contributed by atoms with Gasteiger partial charge in [-0.2, -0.15) is 0 Å².